The number of piperidine rings is 1. The number of nitrogens with zero attached hydrogens (tertiary/aromatic N) is 3. The molecule has 0 atom stereocenters. The molecular weight excluding hydrogens is 496 g/mol. The lowest BCUT2D eigenvalue weighted by atomic mass is 10.0. The molecule has 7 rings (SSSR count). The molecule has 3 aromatic carbocycles. The van der Waals surface area contributed by atoms with Gasteiger partial charge in [0.15, 0.2) is 0 Å². The van der Waals surface area contributed by atoms with Gasteiger partial charge < -0.3 is 14.6 Å². The average molecular weight is 527 g/mol. The van der Waals surface area contributed by atoms with Gasteiger partial charge in [0.05, 0.1) is 16.4 Å². The van der Waals surface area contributed by atoms with E-state index in [1.165, 1.54) is 5.22 Å². The minimum Gasteiger partial charge on any atom is -0.490 e. The zero-order valence-corrected chi connectivity index (χ0v) is 22.2. The van der Waals surface area contributed by atoms with E-state index in [1.807, 2.05) is 71.8 Å². The second-order valence-corrected chi connectivity index (χ2v) is 10.5. The van der Waals surface area contributed by atoms with Crippen molar-refractivity contribution in [2.45, 2.75) is 31.8 Å². The molecule has 1 fully saturated rings. The summed E-state index contributed by atoms with van der Waals surface area (Å²) in [6.45, 7) is 1.34. The second-order valence-electron chi connectivity index (χ2n) is 10.5. The number of pyridine rings is 1. The highest BCUT2D eigenvalue weighted by Crippen LogP contribution is 2.25. The summed E-state index contributed by atoms with van der Waals surface area (Å²) < 4.78 is 6.30. The van der Waals surface area contributed by atoms with Crippen LogP contribution in [0.15, 0.2) is 85.1 Å². The molecule has 1 aliphatic heterocycles. The fourth-order valence-electron chi connectivity index (χ4n) is 5.61. The Morgan fingerprint density at radius 1 is 0.850 bits per heavy atom. The number of fused-ring (bicyclic) bond motifs is 2. The molecule has 0 unspecified atom stereocenters. The summed E-state index contributed by atoms with van der Waals surface area (Å²) in [6, 6.07) is 26.1. The molecule has 2 aliphatic rings. The number of hydrogen-bond donors (Lipinski definition) is 1. The molecule has 1 amide bonds. The summed E-state index contributed by atoms with van der Waals surface area (Å²) in [5, 5.41) is 2.30. The Kier molecular flexibility index (Phi) is 6.36. The number of amides is 1. The van der Waals surface area contributed by atoms with Crippen LogP contribution in [-0.4, -0.2) is 45.0 Å². The van der Waals surface area contributed by atoms with Gasteiger partial charge in [0.25, 0.3) is 5.91 Å². The van der Waals surface area contributed by atoms with Gasteiger partial charge in [0.1, 0.15) is 17.7 Å². The third-order valence-electron chi connectivity index (χ3n) is 7.81. The van der Waals surface area contributed by atoms with Gasteiger partial charge in [0, 0.05) is 48.8 Å². The number of nitrogens with one attached hydrogen (secondary N) is 1. The number of aromatic amines is 1. The molecule has 1 N–H and O–H groups in total. The van der Waals surface area contributed by atoms with Crippen LogP contribution in [0, 0.1) is 0 Å². The number of carbonyl (C=O) groups is 1. The van der Waals surface area contributed by atoms with Crippen LogP contribution in [0.1, 0.15) is 36.0 Å². The maximum absolute atomic E-state index is 13.3. The predicted octanol–water partition coefficient (Wildman–Crippen LogP) is 5.33. The Hall–Kier alpha value is -4.71. The molecule has 6 nitrogen and oxygen atoms in total. The number of hydrogen-bond acceptors (Lipinski definition) is 4. The Bertz CT molecular complexity index is 1780. The van der Waals surface area contributed by atoms with Gasteiger partial charge in [-0.15, -0.1) is 0 Å². The van der Waals surface area contributed by atoms with Crippen LogP contribution >= 0.6 is 0 Å². The number of imidazole rings is 1. The summed E-state index contributed by atoms with van der Waals surface area (Å²) >= 11 is 0. The van der Waals surface area contributed by atoms with Crippen LogP contribution < -0.4 is 15.3 Å². The minimum atomic E-state index is 0.0502. The first-order valence-electron chi connectivity index (χ1n) is 14.0. The van der Waals surface area contributed by atoms with Crippen molar-refractivity contribution < 1.29 is 9.53 Å². The fourth-order valence-corrected chi connectivity index (χ4v) is 5.61. The first-order valence-corrected chi connectivity index (χ1v) is 14.0. The molecular formula is C34H30N4O2. The third-order valence-corrected chi connectivity index (χ3v) is 7.81. The Labute approximate surface area is 232 Å². The van der Waals surface area contributed by atoms with Gasteiger partial charge >= 0.3 is 0 Å². The lowest BCUT2D eigenvalue weighted by Crippen LogP contribution is -2.41. The monoisotopic (exact) mass is 526 g/mol. The van der Waals surface area contributed by atoms with Crippen LogP contribution in [0.2, 0.25) is 0 Å². The summed E-state index contributed by atoms with van der Waals surface area (Å²) in [5.74, 6) is 1.68. The van der Waals surface area contributed by atoms with Crippen LogP contribution in [-0.2, 0) is 0 Å². The summed E-state index contributed by atoms with van der Waals surface area (Å²) in [5.41, 5.74) is 5.74. The predicted molar refractivity (Wildman–Crippen MR) is 158 cm³/mol. The molecule has 2 aromatic heterocycles. The number of carbonyl (C=O) groups excluding carboxylic acids is 1. The molecule has 198 valence electrons. The van der Waals surface area contributed by atoms with Gasteiger partial charge in [-0.3, -0.25) is 9.78 Å². The molecule has 0 spiro atoms. The summed E-state index contributed by atoms with van der Waals surface area (Å²) in [7, 11) is 0. The molecule has 3 heterocycles. The van der Waals surface area contributed by atoms with E-state index in [2.05, 4.69) is 45.3 Å². The summed E-state index contributed by atoms with van der Waals surface area (Å²) in [4.78, 5) is 27.9. The number of ether oxygens (including phenoxy) is 1. The van der Waals surface area contributed by atoms with Gasteiger partial charge in [-0.1, -0.05) is 48.6 Å². The van der Waals surface area contributed by atoms with Crippen molar-refractivity contribution in [2.75, 3.05) is 13.1 Å². The first kappa shape index (κ1) is 24.3. The van der Waals surface area contributed by atoms with E-state index in [0.29, 0.717) is 18.7 Å². The van der Waals surface area contributed by atoms with Crippen LogP contribution in [0.25, 0.3) is 45.7 Å². The van der Waals surface area contributed by atoms with Gasteiger partial charge in [-0.2, -0.15) is 0 Å². The van der Waals surface area contributed by atoms with Crippen molar-refractivity contribution in [2.24, 2.45) is 0 Å². The van der Waals surface area contributed by atoms with Crippen LogP contribution in [0.5, 0.6) is 5.75 Å². The lowest BCUT2D eigenvalue weighted by molar-refractivity contribution is 0.0595. The smallest absolute Gasteiger partial charge is 0.253 e. The van der Waals surface area contributed by atoms with E-state index in [9.17, 15) is 4.79 Å². The number of aromatic nitrogens is 3. The highest BCUT2D eigenvalue weighted by Gasteiger charge is 2.25. The fraction of sp³-hybridized carbons (Fsp3) is 0.206. The highest BCUT2D eigenvalue weighted by atomic mass is 16.5. The minimum absolute atomic E-state index is 0.0502. The van der Waals surface area contributed by atoms with E-state index < -0.39 is 0 Å². The van der Waals surface area contributed by atoms with Crippen molar-refractivity contribution in [1.82, 2.24) is 19.9 Å². The van der Waals surface area contributed by atoms with Gasteiger partial charge in [0.2, 0.25) is 0 Å². The van der Waals surface area contributed by atoms with E-state index in [-0.39, 0.29) is 12.0 Å². The van der Waals surface area contributed by atoms with E-state index in [0.717, 1.165) is 70.3 Å². The standard InChI is InChI=1S/C34H30N4O2/c39-34(26-8-5-7-25(21-26)33-36-31-10-3-4-11-32(31)37-33)38-18-16-29(17-19-38)40-28-14-12-23(13-15-28)27-20-24-6-1-2-9-30(24)35-22-27/h3-15,20-22,29H,1-2,16-19H2,(H,36,37). The van der Waals surface area contributed by atoms with Gasteiger partial charge in [-0.05, 0) is 66.1 Å². The van der Waals surface area contributed by atoms with E-state index in [4.69, 9.17) is 4.74 Å². The van der Waals surface area contributed by atoms with Crippen LogP contribution in [0.3, 0.4) is 0 Å². The molecule has 0 bridgehead atoms. The number of para-hydroxylation sites is 2. The zero-order chi connectivity index (χ0) is 26.9. The van der Waals surface area contributed by atoms with E-state index in [1.54, 1.807) is 0 Å². The maximum Gasteiger partial charge on any atom is 0.253 e. The molecule has 6 heteroatoms. The van der Waals surface area contributed by atoms with Crippen LogP contribution in [0.4, 0.5) is 0 Å². The first-order chi connectivity index (χ1) is 19.7. The molecule has 5 aromatic rings. The van der Waals surface area contributed by atoms with Crippen molar-refractivity contribution in [3.63, 3.8) is 0 Å². The van der Waals surface area contributed by atoms with E-state index >= 15 is 0 Å². The molecule has 1 saturated heterocycles. The third kappa shape index (κ3) is 4.89. The molecule has 1 aliphatic carbocycles. The number of benzene rings is 3. The number of H-pyrrole nitrogens is 1. The normalized spacial score (nSPS) is 15.2. The lowest BCUT2D eigenvalue weighted by Gasteiger charge is -2.32. The Morgan fingerprint density at radius 3 is 2.52 bits per heavy atom. The molecule has 0 radical (unpaired) electrons. The Morgan fingerprint density at radius 2 is 1.68 bits per heavy atom. The van der Waals surface area contributed by atoms with Crippen molar-refractivity contribution in [1.29, 1.82) is 0 Å². The number of rotatable bonds is 5. The number of likely N-dealkylation sites (tertiary alicyclic amines) is 1. The highest BCUT2D eigenvalue weighted by molar-refractivity contribution is 5.95. The average Bonchev–Trinajstić information content (AvgIpc) is 3.46. The molecule has 0 saturated carbocycles. The topological polar surface area (TPSA) is 71.1 Å². The maximum atomic E-state index is 13.3. The largest absolute Gasteiger partial charge is 0.490 e. The van der Waals surface area contributed by atoms with Gasteiger partial charge in [-0.25, -0.2) is 4.98 Å². The SMILES string of the molecule is O=C(c1cccc(-c2nc3ccccc3[nH]2)c1)N1CCC(Oc2ccc(-c3cnc4c(c3)=CCCC=4)cc2)CC1. The Balaban J connectivity index is 0.977. The van der Waals surface area contributed by atoms with Crippen molar-refractivity contribution >= 4 is 29.1 Å². The second kappa shape index (κ2) is 10.5. The van der Waals surface area contributed by atoms with Crippen molar-refractivity contribution in [3.05, 3.63) is 101 Å². The van der Waals surface area contributed by atoms with Crippen molar-refractivity contribution in [3.8, 4) is 28.3 Å². The summed E-state index contributed by atoms with van der Waals surface area (Å²) in [6.07, 6.45) is 10.2. The molecule has 40 heavy (non-hydrogen) atoms. The quantitative estimate of drug-likeness (QED) is 0.336. The zero-order valence-electron chi connectivity index (χ0n) is 22.2.